The minimum Gasteiger partial charge on any atom is -0.364 e. The molecule has 0 spiro atoms. The van der Waals surface area contributed by atoms with Crippen LogP contribution in [0.1, 0.15) is 33.0 Å². The fourth-order valence-electron chi connectivity index (χ4n) is 2.65. The topological polar surface area (TPSA) is 92.4 Å². The van der Waals surface area contributed by atoms with Crippen molar-refractivity contribution in [2.45, 2.75) is 13.3 Å². The monoisotopic (exact) mass is 345 g/mol. The molecule has 1 aliphatic rings. The van der Waals surface area contributed by atoms with Crippen LogP contribution in [0.5, 0.6) is 0 Å². The maximum absolute atomic E-state index is 12.6. The summed E-state index contributed by atoms with van der Waals surface area (Å²) in [4.78, 5) is 36.2. The van der Waals surface area contributed by atoms with E-state index >= 15 is 0 Å². The van der Waals surface area contributed by atoms with E-state index < -0.39 is 5.91 Å². The normalized spacial score (nSPS) is 15.2. The van der Waals surface area contributed by atoms with Crippen LogP contribution in [-0.4, -0.2) is 52.9 Å². The van der Waals surface area contributed by atoms with Gasteiger partial charge in [-0.05, 0) is 25.5 Å². The predicted octanol–water partition coefficient (Wildman–Crippen LogP) is 1.30. The number of nitrogens with zero attached hydrogens (tertiary/aromatic N) is 4. The summed E-state index contributed by atoms with van der Waals surface area (Å²) in [6.45, 7) is 4.95. The summed E-state index contributed by atoms with van der Waals surface area (Å²) in [6, 6.07) is 3.08. The van der Waals surface area contributed by atoms with Crippen molar-refractivity contribution in [3.8, 4) is 0 Å². The number of anilines is 1. The van der Waals surface area contributed by atoms with Crippen molar-refractivity contribution in [2.24, 2.45) is 5.73 Å². The van der Waals surface area contributed by atoms with Crippen molar-refractivity contribution in [2.75, 3.05) is 31.1 Å². The van der Waals surface area contributed by atoms with Gasteiger partial charge in [0.2, 0.25) is 0 Å². The third kappa shape index (κ3) is 3.53. The zero-order valence-electron chi connectivity index (χ0n) is 13.4. The quantitative estimate of drug-likeness (QED) is 0.905. The van der Waals surface area contributed by atoms with Gasteiger partial charge in [0.1, 0.15) is 5.69 Å². The second-order valence-electron chi connectivity index (χ2n) is 5.70. The standard InChI is InChI=1S/C16H19N5O2S/c1-11-10-24-16(19-11)21-6-2-5-20(7-8-21)15(23)12-3-4-13(14(17)22)18-9-12/h3-4,9-10H,2,5-8H2,1H3,(H2,17,22). The van der Waals surface area contributed by atoms with Gasteiger partial charge in [-0.15, -0.1) is 11.3 Å². The Morgan fingerprint density at radius 1 is 1.21 bits per heavy atom. The number of thiazole rings is 1. The van der Waals surface area contributed by atoms with Crippen molar-refractivity contribution in [3.05, 3.63) is 40.7 Å². The number of carbonyl (C=O) groups is 2. The van der Waals surface area contributed by atoms with E-state index in [4.69, 9.17) is 5.73 Å². The number of hydrogen-bond acceptors (Lipinski definition) is 6. The average Bonchev–Trinajstić information content (AvgIpc) is 2.87. The van der Waals surface area contributed by atoms with Crippen molar-refractivity contribution < 1.29 is 9.59 Å². The highest BCUT2D eigenvalue weighted by Crippen LogP contribution is 2.21. The van der Waals surface area contributed by atoms with Crippen molar-refractivity contribution in [3.63, 3.8) is 0 Å². The van der Waals surface area contributed by atoms with Crippen LogP contribution in [0.3, 0.4) is 0 Å². The third-order valence-corrected chi connectivity index (χ3v) is 4.94. The van der Waals surface area contributed by atoms with E-state index in [1.54, 1.807) is 17.4 Å². The van der Waals surface area contributed by atoms with Gasteiger partial charge in [-0.1, -0.05) is 0 Å². The summed E-state index contributed by atoms with van der Waals surface area (Å²) in [5.74, 6) is -0.672. The summed E-state index contributed by atoms with van der Waals surface area (Å²) in [5.41, 5.74) is 6.82. The molecule has 0 atom stereocenters. The molecule has 3 heterocycles. The number of rotatable bonds is 3. The lowest BCUT2D eigenvalue weighted by Crippen LogP contribution is -2.35. The van der Waals surface area contributed by atoms with Gasteiger partial charge in [0, 0.05) is 37.8 Å². The number of aryl methyl sites for hydroxylation is 1. The van der Waals surface area contributed by atoms with E-state index in [1.165, 1.54) is 12.3 Å². The molecule has 2 amide bonds. The van der Waals surface area contributed by atoms with E-state index in [1.807, 2.05) is 17.2 Å². The van der Waals surface area contributed by atoms with Gasteiger partial charge < -0.3 is 15.5 Å². The lowest BCUT2D eigenvalue weighted by atomic mass is 10.2. The summed E-state index contributed by atoms with van der Waals surface area (Å²) in [5, 5.41) is 3.05. The number of carbonyl (C=O) groups excluding carboxylic acids is 2. The molecule has 0 saturated carbocycles. The van der Waals surface area contributed by atoms with Crippen LogP contribution in [0.4, 0.5) is 5.13 Å². The molecular formula is C16H19N5O2S. The molecular weight excluding hydrogens is 326 g/mol. The molecule has 1 aliphatic heterocycles. The molecule has 1 fully saturated rings. The third-order valence-electron chi connectivity index (χ3n) is 3.92. The molecule has 0 bridgehead atoms. The SMILES string of the molecule is Cc1csc(N2CCCN(C(=O)c3ccc(C(N)=O)nc3)CC2)n1. The maximum atomic E-state index is 12.6. The van der Waals surface area contributed by atoms with Gasteiger partial charge in [-0.2, -0.15) is 0 Å². The first-order valence-corrected chi connectivity index (χ1v) is 8.65. The Bertz CT molecular complexity index is 743. The van der Waals surface area contributed by atoms with E-state index in [0.29, 0.717) is 18.7 Å². The van der Waals surface area contributed by atoms with Crippen LogP contribution in [0.25, 0.3) is 0 Å². The van der Waals surface area contributed by atoms with E-state index in [2.05, 4.69) is 14.9 Å². The summed E-state index contributed by atoms with van der Waals surface area (Å²) < 4.78 is 0. The van der Waals surface area contributed by atoms with E-state index in [-0.39, 0.29) is 11.6 Å². The average molecular weight is 345 g/mol. The molecule has 24 heavy (non-hydrogen) atoms. The van der Waals surface area contributed by atoms with Crippen LogP contribution >= 0.6 is 11.3 Å². The first kappa shape index (κ1) is 16.4. The van der Waals surface area contributed by atoms with Crippen molar-refractivity contribution in [1.82, 2.24) is 14.9 Å². The molecule has 0 aliphatic carbocycles. The molecule has 3 rings (SSSR count). The van der Waals surface area contributed by atoms with Crippen LogP contribution < -0.4 is 10.6 Å². The Hall–Kier alpha value is -2.48. The first-order chi connectivity index (χ1) is 11.5. The van der Waals surface area contributed by atoms with Gasteiger partial charge in [0.15, 0.2) is 5.13 Å². The van der Waals surface area contributed by atoms with Crippen LogP contribution in [-0.2, 0) is 0 Å². The molecule has 1 saturated heterocycles. The second-order valence-corrected chi connectivity index (χ2v) is 6.54. The van der Waals surface area contributed by atoms with Gasteiger partial charge >= 0.3 is 0 Å². The van der Waals surface area contributed by atoms with E-state index in [9.17, 15) is 9.59 Å². The maximum Gasteiger partial charge on any atom is 0.267 e. The number of nitrogens with two attached hydrogens (primary N) is 1. The number of pyridine rings is 1. The summed E-state index contributed by atoms with van der Waals surface area (Å²) in [6.07, 6.45) is 2.30. The largest absolute Gasteiger partial charge is 0.364 e. The molecule has 8 heteroatoms. The zero-order chi connectivity index (χ0) is 17.1. The smallest absolute Gasteiger partial charge is 0.267 e. The van der Waals surface area contributed by atoms with E-state index in [0.717, 1.165) is 30.3 Å². The number of primary amides is 1. The van der Waals surface area contributed by atoms with Crippen LogP contribution in [0.15, 0.2) is 23.7 Å². The highest BCUT2D eigenvalue weighted by atomic mass is 32.1. The highest BCUT2D eigenvalue weighted by molar-refractivity contribution is 7.13. The molecule has 2 aromatic rings. The highest BCUT2D eigenvalue weighted by Gasteiger charge is 2.22. The molecule has 0 unspecified atom stereocenters. The molecule has 7 nitrogen and oxygen atoms in total. The van der Waals surface area contributed by atoms with Crippen LogP contribution in [0, 0.1) is 6.92 Å². The van der Waals surface area contributed by atoms with Crippen LogP contribution in [0.2, 0.25) is 0 Å². The minimum atomic E-state index is -0.599. The van der Waals surface area contributed by atoms with Crippen molar-refractivity contribution in [1.29, 1.82) is 0 Å². The number of hydrogen-bond donors (Lipinski definition) is 1. The fourth-order valence-corrected chi connectivity index (χ4v) is 3.50. The van der Waals surface area contributed by atoms with Crippen molar-refractivity contribution >= 4 is 28.3 Å². The Balaban J connectivity index is 1.66. The predicted molar refractivity (Wildman–Crippen MR) is 92.3 cm³/mol. The summed E-state index contributed by atoms with van der Waals surface area (Å²) >= 11 is 1.63. The number of aromatic nitrogens is 2. The van der Waals surface area contributed by atoms with Gasteiger partial charge in [0.05, 0.1) is 11.3 Å². The number of amides is 2. The first-order valence-electron chi connectivity index (χ1n) is 7.77. The Kier molecular flexibility index (Phi) is 4.75. The van der Waals surface area contributed by atoms with Gasteiger partial charge in [0.25, 0.3) is 11.8 Å². The second kappa shape index (κ2) is 6.96. The minimum absolute atomic E-state index is 0.0734. The van der Waals surface area contributed by atoms with Gasteiger partial charge in [-0.3, -0.25) is 14.6 Å². The fraction of sp³-hybridized carbons (Fsp3) is 0.375. The molecule has 0 aromatic carbocycles. The Morgan fingerprint density at radius 3 is 2.67 bits per heavy atom. The molecule has 2 aromatic heterocycles. The summed E-state index contributed by atoms with van der Waals surface area (Å²) in [7, 11) is 0. The Labute approximate surface area is 144 Å². The lowest BCUT2D eigenvalue weighted by Gasteiger charge is -2.21. The molecule has 2 N–H and O–H groups in total. The lowest BCUT2D eigenvalue weighted by molar-refractivity contribution is 0.0766. The molecule has 0 radical (unpaired) electrons. The van der Waals surface area contributed by atoms with Gasteiger partial charge in [-0.25, -0.2) is 4.98 Å². The zero-order valence-corrected chi connectivity index (χ0v) is 14.3. The molecule has 126 valence electrons. The Morgan fingerprint density at radius 2 is 2.04 bits per heavy atom.